The quantitative estimate of drug-likeness (QED) is 0.621. The van der Waals surface area contributed by atoms with Crippen LogP contribution in [0, 0.1) is 0 Å². The molecule has 55 valence electrons. The van der Waals surface area contributed by atoms with Crippen molar-refractivity contribution in [3.8, 4) is 5.75 Å². The van der Waals surface area contributed by atoms with Gasteiger partial charge in [-0.2, -0.15) is 0 Å². The Balaban J connectivity index is 3.03. The van der Waals surface area contributed by atoms with E-state index in [1.807, 2.05) is 0 Å². The van der Waals surface area contributed by atoms with E-state index in [9.17, 15) is 4.79 Å². The molecule has 11 heavy (non-hydrogen) atoms. The number of hydrogen-bond donors (Lipinski definition) is 1. The molecular formula is C7H5O3Si. The van der Waals surface area contributed by atoms with Crippen LogP contribution in [0.1, 0.15) is 10.4 Å². The molecule has 3 nitrogen and oxygen atoms in total. The second-order valence-electron chi connectivity index (χ2n) is 1.91. The summed E-state index contributed by atoms with van der Waals surface area (Å²) in [5.41, 5.74) is 0.141. The van der Waals surface area contributed by atoms with Crippen LogP contribution in [0.5, 0.6) is 5.75 Å². The maximum atomic E-state index is 10.8. The van der Waals surface area contributed by atoms with Gasteiger partial charge in [0, 0.05) is 0 Å². The highest BCUT2D eigenvalue weighted by Crippen LogP contribution is 2.15. The second kappa shape index (κ2) is 3.20. The number of carbonyl (C=O) groups excluding carboxylic acids is 1. The van der Waals surface area contributed by atoms with Crippen molar-refractivity contribution >= 4 is 16.5 Å². The third kappa shape index (κ3) is 1.59. The van der Waals surface area contributed by atoms with Crippen LogP contribution in [-0.2, 0) is 4.43 Å². The van der Waals surface area contributed by atoms with E-state index in [0.717, 1.165) is 0 Å². The van der Waals surface area contributed by atoms with Crippen molar-refractivity contribution < 1.29 is 14.3 Å². The monoisotopic (exact) mass is 165 g/mol. The molecule has 0 aromatic heterocycles. The first-order chi connectivity index (χ1) is 5.25. The first-order valence-electron chi connectivity index (χ1n) is 2.91. The van der Waals surface area contributed by atoms with E-state index in [-0.39, 0.29) is 11.3 Å². The average molecular weight is 165 g/mol. The van der Waals surface area contributed by atoms with Crippen molar-refractivity contribution in [1.82, 2.24) is 0 Å². The SMILES string of the molecule is O=C(O[Si])c1ccccc1O. The van der Waals surface area contributed by atoms with Crippen LogP contribution in [0.3, 0.4) is 0 Å². The van der Waals surface area contributed by atoms with E-state index in [0.29, 0.717) is 0 Å². The Hall–Kier alpha value is -1.29. The topological polar surface area (TPSA) is 46.5 Å². The smallest absolute Gasteiger partial charge is 0.345 e. The Morgan fingerprint density at radius 1 is 1.45 bits per heavy atom. The third-order valence-corrected chi connectivity index (χ3v) is 1.40. The van der Waals surface area contributed by atoms with Crippen LogP contribution in [-0.4, -0.2) is 21.6 Å². The van der Waals surface area contributed by atoms with Crippen LogP contribution in [0.4, 0.5) is 0 Å². The lowest BCUT2D eigenvalue weighted by Gasteiger charge is -1.99. The number of phenols is 1. The van der Waals surface area contributed by atoms with Gasteiger partial charge in [0.25, 0.3) is 0 Å². The van der Waals surface area contributed by atoms with Gasteiger partial charge in [-0.1, -0.05) is 12.1 Å². The summed E-state index contributed by atoms with van der Waals surface area (Å²) >= 11 is 0. The summed E-state index contributed by atoms with van der Waals surface area (Å²) in [5, 5.41) is 9.09. The molecule has 0 atom stereocenters. The fraction of sp³-hybridized carbons (Fsp3) is 0. The number of aromatic hydroxyl groups is 1. The summed E-state index contributed by atoms with van der Waals surface area (Å²) in [4.78, 5) is 10.8. The summed E-state index contributed by atoms with van der Waals surface area (Å²) < 4.78 is 4.22. The standard InChI is InChI=1S/C7H5O3Si/c8-6-4-2-1-3-5(6)7(9)10-11/h1-4,8H. The zero-order chi connectivity index (χ0) is 8.27. The third-order valence-electron chi connectivity index (χ3n) is 1.22. The van der Waals surface area contributed by atoms with E-state index in [1.165, 1.54) is 12.1 Å². The first-order valence-corrected chi connectivity index (χ1v) is 3.32. The molecule has 4 heteroatoms. The summed E-state index contributed by atoms with van der Waals surface area (Å²) in [7, 11) is 2.57. The van der Waals surface area contributed by atoms with E-state index < -0.39 is 5.97 Å². The van der Waals surface area contributed by atoms with Gasteiger partial charge in [-0.05, 0) is 12.1 Å². The normalized spacial score (nSPS) is 9.18. The number of phenolic OH excluding ortho intramolecular Hbond substituents is 1. The van der Waals surface area contributed by atoms with E-state index >= 15 is 0 Å². The van der Waals surface area contributed by atoms with Crippen molar-refractivity contribution in [2.24, 2.45) is 0 Å². The lowest BCUT2D eigenvalue weighted by Crippen LogP contribution is -2.01. The summed E-state index contributed by atoms with van der Waals surface area (Å²) in [6.07, 6.45) is 0. The maximum absolute atomic E-state index is 10.8. The van der Waals surface area contributed by atoms with E-state index in [2.05, 4.69) is 14.9 Å². The molecule has 0 aliphatic rings. The van der Waals surface area contributed by atoms with Gasteiger partial charge in [-0.3, -0.25) is 0 Å². The molecular weight excluding hydrogens is 160 g/mol. The molecule has 0 unspecified atom stereocenters. The second-order valence-corrected chi connectivity index (χ2v) is 2.11. The van der Waals surface area contributed by atoms with Gasteiger partial charge in [0.15, 0.2) is 0 Å². The summed E-state index contributed by atoms with van der Waals surface area (Å²) in [6.45, 7) is 0. The van der Waals surface area contributed by atoms with Gasteiger partial charge < -0.3 is 9.53 Å². The number of para-hydroxylation sites is 1. The Morgan fingerprint density at radius 3 is 2.64 bits per heavy atom. The minimum atomic E-state index is -0.611. The molecule has 1 N–H and O–H groups in total. The molecule has 0 fully saturated rings. The van der Waals surface area contributed by atoms with Crippen LogP contribution in [0.2, 0.25) is 0 Å². The molecule has 1 rings (SSSR count). The van der Waals surface area contributed by atoms with Crippen LogP contribution in [0.15, 0.2) is 24.3 Å². The molecule has 0 saturated carbocycles. The van der Waals surface area contributed by atoms with Gasteiger partial charge in [0.1, 0.15) is 5.75 Å². The minimum Gasteiger partial charge on any atom is -0.512 e. The fourth-order valence-corrected chi connectivity index (χ4v) is 0.811. The number of benzene rings is 1. The number of carbonyl (C=O) groups is 1. The molecule has 0 heterocycles. The van der Waals surface area contributed by atoms with Crippen LogP contribution in [0.25, 0.3) is 0 Å². The highest BCUT2D eigenvalue weighted by molar-refractivity contribution is 6.10. The van der Waals surface area contributed by atoms with Crippen molar-refractivity contribution in [1.29, 1.82) is 0 Å². The molecule has 0 aliphatic carbocycles. The summed E-state index contributed by atoms with van der Waals surface area (Å²) in [5.74, 6) is -0.699. The lowest BCUT2D eigenvalue weighted by atomic mass is 10.2. The molecule has 0 bridgehead atoms. The Kier molecular flexibility index (Phi) is 2.27. The van der Waals surface area contributed by atoms with E-state index in [1.54, 1.807) is 12.1 Å². The Morgan fingerprint density at radius 2 is 2.09 bits per heavy atom. The van der Waals surface area contributed by atoms with Gasteiger partial charge in [0.2, 0.25) is 0 Å². The largest absolute Gasteiger partial charge is 0.512 e. The first kappa shape index (κ1) is 7.81. The van der Waals surface area contributed by atoms with Gasteiger partial charge >= 0.3 is 16.5 Å². The molecule has 0 spiro atoms. The lowest BCUT2D eigenvalue weighted by molar-refractivity contribution is 0.0746. The van der Waals surface area contributed by atoms with Gasteiger partial charge in [-0.25, -0.2) is 4.79 Å². The molecule has 0 saturated heterocycles. The fourth-order valence-electron chi connectivity index (χ4n) is 0.701. The zero-order valence-corrected chi connectivity index (χ0v) is 6.57. The van der Waals surface area contributed by atoms with Crippen molar-refractivity contribution in [2.75, 3.05) is 0 Å². The highest BCUT2D eigenvalue weighted by Gasteiger charge is 2.08. The molecule has 0 amide bonds. The highest BCUT2D eigenvalue weighted by atomic mass is 28.2. The van der Waals surface area contributed by atoms with Crippen LogP contribution < -0.4 is 0 Å². The van der Waals surface area contributed by atoms with Crippen molar-refractivity contribution in [3.05, 3.63) is 29.8 Å². The molecule has 3 radical (unpaired) electrons. The number of rotatable bonds is 1. The predicted molar refractivity (Wildman–Crippen MR) is 39.3 cm³/mol. The van der Waals surface area contributed by atoms with Crippen LogP contribution >= 0.6 is 0 Å². The number of hydrogen-bond acceptors (Lipinski definition) is 3. The van der Waals surface area contributed by atoms with Gasteiger partial charge in [-0.15, -0.1) is 0 Å². The summed E-state index contributed by atoms with van der Waals surface area (Å²) in [6, 6.07) is 6.15. The molecule has 0 aliphatic heterocycles. The van der Waals surface area contributed by atoms with Crippen molar-refractivity contribution in [3.63, 3.8) is 0 Å². The van der Waals surface area contributed by atoms with Gasteiger partial charge in [0.05, 0.1) is 5.56 Å². The minimum absolute atomic E-state index is 0.0873. The zero-order valence-electron chi connectivity index (χ0n) is 5.57. The molecule has 1 aromatic carbocycles. The Bertz CT molecular complexity index is 272. The van der Waals surface area contributed by atoms with E-state index in [4.69, 9.17) is 5.11 Å². The maximum Gasteiger partial charge on any atom is 0.345 e. The van der Waals surface area contributed by atoms with Crippen molar-refractivity contribution in [2.45, 2.75) is 0 Å². The predicted octanol–water partition coefficient (Wildman–Crippen LogP) is 0.632. The Labute approximate surface area is 67.2 Å². The average Bonchev–Trinajstić information content (AvgIpc) is 2.04. The molecule has 1 aromatic rings.